The molecule has 76 valence electrons. The Kier molecular flexibility index (Phi) is 5.15. The number of ether oxygens (including phenoxy) is 2. The highest BCUT2D eigenvalue weighted by molar-refractivity contribution is 9.09. The van der Waals surface area contributed by atoms with Gasteiger partial charge in [0.15, 0.2) is 0 Å². The van der Waals surface area contributed by atoms with Gasteiger partial charge in [-0.05, 0) is 24.3 Å². The number of alkyl halides is 1. The van der Waals surface area contributed by atoms with Crippen LogP contribution in [0.4, 0.5) is 0 Å². The number of allylic oxidation sites excluding steroid dienone is 1. The molecule has 0 aliphatic heterocycles. The number of methoxy groups -OCH3 is 1. The maximum atomic E-state index is 5.44. The predicted molar refractivity (Wildman–Crippen MR) is 61.4 cm³/mol. The van der Waals surface area contributed by atoms with Gasteiger partial charge in [0.1, 0.15) is 18.1 Å². The maximum absolute atomic E-state index is 5.44. The summed E-state index contributed by atoms with van der Waals surface area (Å²) in [5.41, 5.74) is 0. The van der Waals surface area contributed by atoms with Crippen LogP contribution in [0.1, 0.15) is 0 Å². The minimum absolute atomic E-state index is 0.595. The molecule has 0 saturated heterocycles. The van der Waals surface area contributed by atoms with Gasteiger partial charge in [0, 0.05) is 5.33 Å². The lowest BCUT2D eigenvalue weighted by atomic mass is 10.3. The third-order valence-corrected chi connectivity index (χ3v) is 2.04. The molecule has 0 amide bonds. The van der Waals surface area contributed by atoms with E-state index in [4.69, 9.17) is 9.47 Å². The summed E-state index contributed by atoms with van der Waals surface area (Å²) in [6.07, 6.45) is 3.97. The molecular weight excluding hydrogens is 244 g/mol. The van der Waals surface area contributed by atoms with Crippen molar-refractivity contribution < 1.29 is 9.47 Å². The Morgan fingerprint density at radius 1 is 1.14 bits per heavy atom. The molecule has 0 spiro atoms. The molecule has 0 aromatic heterocycles. The first kappa shape index (κ1) is 11.1. The van der Waals surface area contributed by atoms with E-state index in [1.54, 1.807) is 7.11 Å². The molecule has 0 radical (unpaired) electrons. The van der Waals surface area contributed by atoms with Gasteiger partial charge in [0.25, 0.3) is 0 Å². The fraction of sp³-hybridized carbons (Fsp3) is 0.273. The van der Waals surface area contributed by atoms with Crippen molar-refractivity contribution in [1.29, 1.82) is 0 Å². The average Bonchev–Trinajstić information content (AvgIpc) is 2.25. The Bertz CT molecular complexity index is 280. The maximum Gasteiger partial charge on any atom is 0.120 e. The summed E-state index contributed by atoms with van der Waals surface area (Å²) in [5, 5.41) is 0.860. The van der Waals surface area contributed by atoms with Crippen LogP contribution < -0.4 is 9.47 Å². The number of hydrogen-bond donors (Lipinski definition) is 0. The number of halogens is 1. The second-order valence-electron chi connectivity index (χ2n) is 2.61. The zero-order valence-electron chi connectivity index (χ0n) is 8.07. The molecule has 1 rings (SSSR count). The fourth-order valence-corrected chi connectivity index (χ4v) is 1.21. The van der Waals surface area contributed by atoms with Crippen LogP contribution in [-0.2, 0) is 0 Å². The highest BCUT2D eigenvalue weighted by Crippen LogP contribution is 2.16. The van der Waals surface area contributed by atoms with Gasteiger partial charge < -0.3 is 9.47 Å². The van der Waals surface area contributed by atoms with Gasteiger partial charge in [0.2, 0.25) is 0 Å². The summed E-state index contributed by atoms with van der Waals surface area (Å²) in [6, 6.07) is 7.54. The summed E-state index contributed by atoms with van der Waals surface area (Å²) in [4.78, 5) is 0. The summed E-state index contributed by atoms with van der Waals surface area (Å²) in [7, 11) is 1.65. The van der Waals surface area contributed by atoms with Crippen LogP contribution in [0.2, 0.25) is 0 Å². The molecule has 1 aromatic carbocycles. The molecule has 0 atom stereocenters. The first-order valence-corrected chi connectivity index (χ1v) is 5.47. The molecule has 0 unspecified atom stereocenters. The molecule has 0 N–H and O–H groups in total. The number of hydrogen-bond acceptors (Lipinski definition) is 2. The minimum atomic E-state index is 0.595. The Morgan fingerprint density at radius 2 is 1.79 bits per heavy atom. The van der Waals surface area contributed by atoms with E-state index < -0.39 is 0 Å². The van der Waals surface area contributed by atoms with Crippen molar-refractivity contribution in [2.24, 2.45) is 0 Å². The molecule has 0 aliphatic rings. The Balaban J connectivity index is 2.40. The molecule has 3 heteroatoms. The molecule has 0 bridgehead atoms. The zero-order chi connectivity index (χ0) is 10.2. The molecule has 0 fully saturated rings. The lowest BCUT2D eigenvalue weighted by Crippen LogP contribution is -1.93. The van der Waals surface area contributed by atoms with Crippen LogP contribution >= 0.6 is 15.9 Å². The third-order valence-electron chi connectivity index (χ3n) is 1.66. The van der Waals surface area contributed by atoms with Crippen LogP contribution in [0.5, 0.6) is 11.5 Å². The molecule has 1 aromatic rings. The monoisotopic (exact) mass is 256 g/mol. The highest BCUT2D eigenvalue weighted by Gasteiger charge is 1.92. The van der Waals surface area contributed by atoms with E-state index in [0.29, 0.717) is 6.61 Å². The van der Waals surface area contributed by atoms with Crippen LogP contribution in [0, 0.1) is 0 Å². The van der Waals surface area contributed by atoms with Crippen molar-refractivity contribution in [3.63, 3.8) is 0 Å². The van der Waals surface area contributed by atoms with E-state index in [9.17, 15) is 0 Å². The smallest absolute Gasteiger partial charge is 0.120 e. The van der Waals surface area contributed by atoms with Gasteiger partial charge in [-0.15, -0.1) is 0 Å². The quantitative estimate of drug-likeness (QED) is 0.596. The van der Waals surface area contributed by atoms with Gasteiger partial charge in [-0.1, -0.05) is 28.1 Å². The number of rotatable bonds is 5. The molecular formula is C11H13BrO2. The number of benzene rings is 1. The molecule has 0 aliphatic carbocycles. The van der Waals surface area contributed by atoms with E-state index in [0.717, 1.165) is 16.8 Å². The van der Waals surface area contributed by atoms with E-state index >= 15 is 0 Å². The van der Waals surface area contributed by atoms with Crippen LogP contribution in [-0.4, -0.2) is 19.0 Å². The van der Waals surface area contributed by atoms with Gasteiger partial charge in [-0.2, -0.15) is 0 Å². The van der Waals surface area contributed by atoms with Crippen LogP contribution in [0.15, 0.2) is 36.4 Å². The van der Waals surface area contributed by atoms with Gasteiger partial charge in [-0.25, -0.2) is 0 Å². The third kappa shape index (κ3) is 3.83. The SMILES string of the molecule is COc1ccc(OCC=CCBr)cc1. The van der Waals surface area contributed by atoms with E-state index in [1.165, 1.54) is 0 Å². The lowest BCUT2D eigenvalue weighted by Gasteiger charge is -2.03. The van der Waals surface area contributed by atoms with Crippen molar-refractivity contribution in [3.05, 3.63) is 36.4 Å². The fourth-order valence-electron chi connectivity index (χ4n) is 0.947. The predicted octanol–water partition coefficient (Wildman–Crippen LogP) is 3.03. The first-order valence-electron chi connectivity index (χ1n) is 4.34. The van der Waals surface area contributed by atoms with E-state index in [2.05, 4.69) is 15.9 Å². The Hall–Kier alpha value is -0.960. The van der Waals surface area contributed by atoms with Gasteiger partial charge in [0.05, 0.1) is 7.11 Å². The van der Waals surface area contributed by atoms with Crippen molar-refractivity contribution >= 4 is 15.9 Å². The zero-order valence-corrected chi connectivity index (χ0v) is 9.66. The van der Waals surface area contributed by atoms with Crippen LogP contribution in [0.3, 0.4) is 0 Å². The van der Waals surface area contributed by atoms with Crippen LogP contribution in [0.25, 0.3) is 0 Å². The largest absolute Gasteiger partial charge is 0.497 e. The minimum Gasteiger partial charge on any atom is -0.497 e. The molecule has 2 nitrogen and oxygen atoms in total. The summed E-state index contributed by atoms with van der Waals surface area (Å²) in [6.45, 7) is 0.595. The first-order chi connectivity index (χ1) is 6.86. The highest BCUT2D eigenvalue weighted by atomic mass is 79.9. The lowest BCUT2D eigenvalue weighted by molar-refractivity contribution is 0.360. The second kappa shape index (κ2) is 6.49. The van der Waals surface area contributed by atoms with Crippen molar-refractivity contribution in [1.82, 2.24) is 0 Å². The van der Waals surface area contributed by atoms with Crippen molar-refractivity contribution in [3.8, 4) is 11.5 Å². The van der Waals surface area contributed by atoms with Crippen molar-refractivity contribution in [2.75, 3.05) is 19.0 Å². The van der Waals surface area contributed by atoms with Crippen molar-refractivity contribution in [2.45, 2.75) is 0 Å². The van der Waals surface area contributed by atoms with E-state index in [1.807, 2.05) is 36.4 Å². The average molecular weight is 257 g/mol. The van der Waals surface area contributed by atoms with Gasteiger partial charge >= 0.3 is 0 Å². The second-order valence-corrected chi connectivity index (χ2v) is 3.26. The molecule has 0 heterocycles. The summed E-state index contributed by atoms with van der Waals surface area (Å²) in [5.74, 6) is 1.69. The Morgan fingerprint density at radius 3 is 2.36 bits per heavy atom. The Labute approximate surface area is 92.7 Å². The summed E-state index contributed by atoms with van der Waals surface area (Å²) < 4.78 is 10.5. The van der Waals surface area contributed by atoms with E-state index in [-0.39, 0.29) is 0 Å². The topological polar surface area (TPSA) is 18.5 Å². The van der Waals surface area contributed by atoms with Gasteiger partial charge in [-0.3, -0.25) is 0 Å². The summed E-state index contributed by atoms with van der Waals surface area (Å²) >= 11 is 3.30. The molecule has 0 saturated carbocycles. The standard InChI is InChI=1S/C11H13BrO2/c1-13-10-4-6-11(7-5-10)14-9-3-2-8-12/h2-7H,8-9H2,1H3. The normalized spacial score (nSPS) is 10.4. The molecule has 14 heavy (non-hydrogen) atoms.